The third-order valence-corrected chi connectivity index (χ3v) is 9.90. The van der Waals surface area contributed by atoms with Crippen molar-refractivity contribution in [2.45, 2.75) is 133 Å². The van der Waals surface area contributed by atoms with Crippen molar-refractivity contribution in [1.29, 1.82) is 0 Å². The van der Waals surface area contributed by atoms with Crippen LogP contribution in [0.25, 0.3) is 0 Å². The topological polar surface area (TPSA) is 0 Å². The molecule has 0 nitrogen and oxygen atoms in total. The molecule has 2 fully saturated rings. The molecule has 0 amide bonds. The molecule has 0 aromatic carbocycles. The third kappa shape index (κ3) is 8.18. The van der Waals surface area contributed by atoms with E-state index >= 15 is 0 Å². The van der Waals surface area contributed by atoms with Crippen molar-refractivity contribution in [2.75, 3.05) is 0 Å². The summed E-state index contributed by atoms with van der Waals surface area (Å²) in [5.74, 6) is 0. The minimum atomic E-state index is -0.0407. The highest BCUT2D eigenvalue weighted by Crippen LogP contribution is 2.33. The van der Waals surface area contributed by atoms with Gasteiger partial charge in [-0.3, -0.25) is 0 Å². The predicted molar refractivity (Wildman–Crippen MR) is 102 cm³/mol. The molecular weight excluding hydrogens is 280 g/mol. The van der Waals surface area contributed by atoms with Crippen LogP contribution in [0.3, 0.4) is 0 Å². The van der Waals surface area contributed by atoms with E-state index in [-0.39, 0.29) is 8.80 Å². The van der Waals surface area contributed by atoms with Crippen LogP contribution in [0.4, 0.5) is 0 Å². The largest absolute Gasteiger partial charge is 0.0588 e. The Morgan fingerprint density at radius 3 is 1.09 bits per heavy atom. The zero-order chi connectivity index (χ0) is 15.3. The molecule has 1 aliphatic carbocycles. The van der Waals surface area contributed by atoms with Gasteiger partial charge in [-0.2, -0.15) is 0 Å². The zero-order valence-electron chi connectivity index (χ0n) is 15.2. The van der Waals surface area contributed by atoms with Gasteiger partial charge in [-0.25, -0.2) is 0 Å². The Morgan fingerprint density at radius 2 is 0.682 bits per heavy atom. The first-order chi connectivity index (χ1) is 11.0. The van der Waals surface area contributed by atoms with Gasteiger partial charge in [-0.15, -0.1) is 0 Å². The monoisotopic (exact) mass is 321 g/mol. The summed E-state index contributed by atoms with van der Waals surface area (Å²) in [5, 5.41) is 0. The maximum absolute atomic E-state index is 1.66. The number of hydrogen-bond donors (Lipinski definition) is 0. The molecule has 1 saturated heterocycles. The van der Waals surface area contributed by atoms with Crippen LogP contribution in [0, 0.1) is 0 Å². The molecule has 0 atom stereocenters. The van der Waals surface area contributed by atoms with Crippen molar-refractivity contribution in [3.63, 3.8) is 0 Å². The number of rotatable bonds is 1. The summed E-state index contributed by atoms with van der Waals surface area (Å²) in [6.45, 7) is 0. The quantitative estimate of drug-likeness (QED) is 0.430. The second-order valence-electron chi connectivity index (χ2n) is 8.09. The van der Waals surface area contributed by atoms with E-state index in [4.69, 9.17) is 0 Å². The highest BCUT2D eigenvalue weighted by molar-refractivity contribution is 6.60. The molecule has 0 aromatic heterocycles. The zero-order valence-corrected chi connectivity index (χ0v) is 16.2. The van der Waals surface area contributed by atoms with Crippen molar-refractivity contribution in [3.8, 4) is 0 Å². The fourth-order valence-electron chi connectivity index (χ4n) is 4.69. The summed E-state index contributed by atoms with van der Waals surface area (Å²) in [7, 11) is -0.0407. The Kier molecular flexibility index (Phi) is 10.6. The molecule has 1 aliphatic heterocycles. The summed E-state index contributed by atoms with van der Waals surface area (Å²) in [6.07, 6.45) is 27.8. The van der Waals surface area contributed by atoms with E-state index in [2.05, 4.69) is 0 Å². The minimum absolute atomic E-state index is 0.0407. The van der Waals surface area contributed by atoms with E-state index in [9.17, 15) is 0 Å². The first kappa shape index (κ1) is 18.6. The molecule has 1 heterocycles. The average Bonchev–Trinajstić information content (AvgIpc) is 2.64. The van der Waals surface area contributed by atoms with Crippen LogP contribution in [-0.4, -0.2) is 8.80 Å². The number of hydrogen-bond acceptors (Lipinski definition) is 0. The van der Waals surface area contributed by atoms with Crippen LogP contribution in [0.5, 0.6) is 0 Å². The normalized spacial score (nSPS) is 26.7. The van der Waals surface area contributed by atoms with Gasteiger partial charge in [0.1, 0.15) is 0 Å². The molecule has 0 unspecified atom stereocenters. The molecule has 2 rings (SSSR count). The molecular formula is C21H41Si. The van der Waals surface area contributed by atoms with Gasteiger partial charge in [0.25, 0.3) is 0 Å². The van der Waals surface area contributed by atoms with Crippen molar-refractivity contribution >= 4 is 8.80 Å². The smallest absolute Gasteiger partial charge is 0.0512 e. The third-order valence-electron chi connectivity index (χ3n) is 6.18. The van der Waals surface area contributed by atoms with Crippen LogP contribution in [0.2, 0.25) is 17.6 Å². The van der Waals surface area contributed by atoms with E-state index in [0.717, 1.165) is 0 Å². The second-order valence-corrected chi connectivity index (χ2v) is 11.2. The molecule has 0 aromatic rings. The lowest BCUT2D eigenvalue weighted by molar-refractivity contribution is 0.568. The predicted octanol–water partition coefficient (Wildman–Crippen LogP) is 7.90. The highest BCUT2D eigenvalue weighted by Gasteiger charge is 2.22. The lowest BCUT2D eigenvalue weighted by Crippen LogP contribution is -2.21. The summed E-state index contributed by atoms with van der Waals surface area (Å²) < 4.78 is 0. The van der Waals surface area contributed by atoms with E-state index in [1.165, 1.54) is 69.7 Å². The molecule has 0 spiro atoms. The fourth-order valence-corrected chi connectivity index (χ4v) is 8.39. The lowest BCUT2D eigenvalue weighted by Gasteiger charge is -2.26. The van der Waals surface area contributed by atoms with Crippen LogP contribution in [0.1, 0.15) is 116 Å². The molecule has 0 N–H and O–H groups in total. The van der Waals surface area contributed by atoms with Crippen LogP contribution < -0.4 is 0 Å². The molecule has 22 heavy (non-hydrogen) atoms. The Labute approximate surface area is 142 Å². The highest BCUT2D eigenvalue weighted by atomic mass is 28.3. The van der Waals surface area contributed by atoms with Gasteiger partial charge in [-0.05, 0) is 5.54 Å². The van der Waals surface area contributed by atoms with Crippen molar-refractivity contribution in [2.24, 2.45) is 0 Å². The first-order valence-corrected chi connectivity index (χ1v) is 12.8. The maximum Gasteiger partial charge on any atom is 0.0512 e. The molecule has 0 bridgehead atoms. The van der Waals surface area contributed by atoms with Gasteiger partial charge in [0.15, 0.2) is 0 Å². The van der Waals surface area contributed by atoms with E-state index in [0.29, 0.717) is 0 Å². The summed E-state index contributed by atoms with van der Waals surface area (Å²) in [4.78, 5) is 0. The summed E-state index contributed by atoms with van der Waals surface area (Å²) in [6, 6.07) is 3.32. The van der Waals surface area contributed by atoms with Gasteiger partial charge in [-0.1, -0.05) is 128 Å². The van der Waals surface area contributed by atoms with Crippen LogP contribution in [-0.2, 0) is 0 Å². The summed E-state index contributed by atoms with van der Waals surface area (Å²) in [5.41, 5.74) is 1.18. The Bertz CT molecular complexity index is 200. The van der Waals surface area contributed by atoms with Gasteiger partial charge < -0.3 is 0 Å². The van der Waals surface area contributed by atoms with Gasteiger partial charge in [0, 0.05) is 0 Å². The average molecular weight is 322 g/mol. The second kappa shape index (κ2) is 12.6. The van der Waals surface area contributed by atoms with Gasteiger partial charge >= 0.3 is 0 Å². The summed E-state index contributed by atoms with van der Waals surface area (Å²) >= 11 is 0. The molecule has 2 aliphatic rings. The molecule has 129 valence electrons. The maximum atomic E-state index is 1.66. The van der Waals surface area contributed by atoms with Crippen LogP contribution >= 0.6 is 0 Å². The van der Waals surface area contributed by atoms with E-state index in [1.54, 1.807) is 63.5 Å². The minimum Gasteiger partial charge on any atom is -0.0588 e. The van der Waals surface area contributed by atoms with Gasteiger partial charge in [0.2, 0.25) is 0 Å². The Hall–Kier alpha value is 0.217. The standard InChI is InChI=1S/C21H41Si/c1-2-6-10-14-18-21(17-13-9-5-1)22-19-15-11-7-3-4-8-12-16-20-22/h21H,1-20H2. The lowest BCUT2D eigenvalue weighted by atomic mass is 10.1. The van der Waals surface area contributed by atoms with E-state index in [1.807, 2.05) is 0 Å². The Morgan fingerprint density at radius 1 is 0.364 bits per heavy atom. The van der Waals surface area contributed by atoms with Crippen LogP contribution in [0.15, 0.2) is 0 Å². The first-order valence-electron chi connectivity index (χ1n) is 10.8. The van der Waals surface area contributed by atoms with Crippen molar-refractivity contribution in [1.82, 2.24) is 0 Å². The molecule has 1 heteroatoms. The fraction of sp³-hybridized carbons (Fsp3) is 1.00. The SMILES string of the molecule is C1CCCCCC([Si]2CCCCCCCCCC2)CCCC1. The van der Waals surface area contributed by atoms with Gasteiger partial charge in [0.05, 0.1) is 8.80 Å². The van der Waals surface area contributed by atoms with E-state index < -0.39 is 0 Å². The van der Waals surface area contributed by atoms with Crippen molar-refractivity contribution < 1.29 is 0 Å². The van der Waals surface area contributed by atoms with Crippen molar-refractivity contribution in [3.05, 3.63) is 0 Å². The molecule has 1 saturated carbocycles. The Balaban J connectivity index is 1.83. The molecule has 1 radical (unpaired) electrons.